The van der Waals surface area contributed by atoms with Crippen LogP contribution < -0.4 is 16.0 Å². The third-order valence-electron chi connectivity index (χ3n) is 20.0. The van der Waals surface area contributed by atoms with Gasteiger partial charge in [-0.15, -0.1) is 17.2 Å². The average molecular weight is 889 g/mol. The summed E-state index contributed by atoms with van der Waals surface area (Å²) in [5, 5.41) is 10.5. The molecule has 0 aliphatic heterocycles. The van der Waals surface area contributed by atoms with Crippen LogP contribution in [0.3, 0.4) is 0 Å². The SMILES string of the molecule is COC1=C(Nc2nc(NC3=C(OC)CC(=C=C4CC5CCC4(C)C5(C)C)C=C3)nc(NC3=C(OC)CC(=C=C4CC5CCC4(C)C5(C)C)C=C3)n2)C=CC(=C=C2CC3CCC2(C)C3(C)C)C1. The Bertz CT molecular complexity index is 2390. The molecule has 6 unspecified atom stereocenters. The van der Waals surface area contributed by atoms with Crippen LogP contribution in [0.5, 0.6) is 0 Å². The van der Waals surface area contributed by atoms with Crippen molar-refractivity contribution in [1.82, 2.24) is 15.0 Å². The number of allylic oxidation sites excluding steroid dienone is 9. The molecule has 9 heteroatoms. The van der Waals surface area contributed by atoms with Gasteiger partial charge in [-0.1, -0.05) is 62.3 Å². The van der Waals surface area contributed by atoms with Gasteiger partial charge in [-0.25, -0.2) is 0 Å². The van der Waals surface area contributed by atoms with Crippen molar-refractivity contribution in [2.75, 3.05) is 37.3 Å². The number of anilines is 3. The van der Waals surface area contributed by atoms with Crippen molar-refractivity contribution < 1.29 is 14.2 Å². The van der Waals surface area contributed by atoms with E-state index in [1.165, 1.54) is 55.2 Å². The van der Waals surface area contributed by atoms with Crippen molar-refractivity contribution in [2.24, 2.45) is 50.2 Å². The van der Waals surface area contributed by atoms with Gasteiger partial charge < -0.3 is 30.2 Å². The maximum absolute atomic E-state index is 6.05. The standard InChI is InChI=1S/C57H72N6O3/c1-52(2)37-19-22-55(52,7)40(31-37)25-34-13-16-43(46(28-34)64-10)58-49-61-50(59-44-17-14-35(29-47(44)65-11)26-41-32-38-20-23-56(41,8)53(38,3)4)63-51(62-49)60-45-18-15-36(30-48(45)66-12)27-42-33-39-21-24-57(42,9)54(39,5)6/h13-18,37-39H,19-24,28-33H2,1-12H3,(H3,58,59,60,61,62,63). The highest BCUT2D eigenvalue weighted by molar-refractivity contribution is 5.57. The number of aromatic nitrogens is 3. The molecule has 3 N–H and O–H groups in total. The summed E-state index contributed by atoms with van der Waals surface area (Å²) in [4.78, 5) is 14.8. The number of rotatable bonds is 9. The summed E-state index contributed by atoms with van der Waals surface area (Å²) in [6, 6.07) is 0. The number of hydrogen-bond acceptors (Lipinski definition) is 9. The smallest absolute Gasteiger partial charge is 0.233 e. The Kier molecular flexibility index (Phi) is 10.6. The minimum atomic E-state index is 0.184. The van der Waals surface area contributed by atoms with Crippen LogP contribution in [0.15, 0.2) is 121 Å². The molecule has 0 spiro atoms. The number of fused-ring (bicyclic) bond motifs is 6. The molecule has 6 atom stereocenters. The Morgan fingerprint density at radius 2 is 0.712 bits per heavy atom. The predicted octanol–water partition coefficient (Wildman–Crippen LogP) is 13.5. The van der Waals surface area contributed by atoms with Crippen LogP contribution in [-0.4, -0.2) is 36.3 Å². The van der Waals surface area contributed by atoms with E-state index in [0.717, 1.165) is 88.1 Å². The Balaban J connectivity index is 0.957. The van der Waals surface area contributed by atoms with E-state index < -0.39 is 0 Å². The average Bonchev–Trinajstić information content (AvgIpc) is 3.93. The Labute approximate surface area is 393 Å². The number of nitrogens with zero attached hydrogens (tertiary/aromatic N) is 3. The molecule has 6 saturated carbocycles. The maximum atomic E-state index is 6.05. The summed E-state index contributed by atoms with van der Waals surface area (Å²) in [5.41, 5.74) is 23.2. The lowest BCUT2D eigenvalue weighted by Crippen LogP contribution is -2.27. The van der Waals surface area contributed by atoms with Crippen molar-refractivity contribution in [3.8, 4) is 0 Å². The fourth-order valence-corrected chi connectivity index (χ4v) is 13.9. The molecule has 1 aromatic rings. The Morgan fingerprint density at radius 3 is 0.924 bits per heavy atom. The zero-order valence-electron chi connectivity index (χ0n) is 41.7. The molecule has 6 bridgehead atoms. The van der Waals surface area contributed by atoms with Crippen LogP contribution in [0.1, 0.15) is 139 Å². The Hall–Kier alpha value is -5.19. The van der Waals surface area contributed by atoms with Gasteiger partial charge >= 0.3 is 0 Å². The summed E-state index contributed by atoms with van der Waals surface area (Å²) >= 11 is 0. The molecule has 1 heterocycles. The summed E-state index contributed by atoms with van der Waals surface area (Å²) in [6.07, 6.45) is 25.5. The predicted molar refractivity (Wildman–Crippen MR) is 263 cm³/mol. The van der Waals surface area contributed by atoms with Crippen molar-refractivity contribution >= 4 is 17.8 Å². The lowest BCUT2D eigenvalue weighted by molar-refractivity contribution is 0.179. The fourth-order valence-electron chi connectivity index (χ4n) is 13.9. The molecule has 0 saturated heterocycles. The minimum absolute atomic E-state index is 0.184. The lowest BCUT2D eigenvalue weighted by atomic mass is 9.69. The van der Waals surface area contributed by atoms with Crippen molar-refractivity contribution in [2.45, 2.75) is 139 Å². The van der Waals surface area contributed by atoms with E-state index in [0.29, 0.717) is 53.4 Å². The Morgan fingerprint density at radius 1 is 0.439 bits per heavy atom. The quantitative estimate of drug-likeness (QED) is 0.209. The highest BCUT2D eigenvalue weighted by atomic mass is 16.5. The number of ether oxygens (including phenoxy) is 3. The number of methoxy groups -OCH3 is 3. The second kappa shape index (κ2) is 15.7. The van der Waals surface area contributed by atoms with Crippen LogP contribution in [0, 0.1) is 50.2 Å². The number of hydrogen-bond donors (Lipinski definition) is 3. The van der Waals surface area contributed by atoms with Gasteiger partial charge in [0.1, 0.15) is 17.3 Å². The maximum Gasteiger partial charge on any atom is 0.233 e. The lowest BCUT2D eigenvalue weighted by Gasteiger charge is -2.34. The van der Waals surface area contributed by atoms with Crippen LogP contribution >= 0.6 is 0 Å². The van der Waals surface area contributed by atoms with E-state index >= 15 is 0 Å². The first kappa shape index (κ1) is 44.6. The summed E-state index contributed by atoms with van der Waals surface area (Å²) < 4.78 is 18.1. The van der Waals surface area contributed by atoms with Gasteiger partial charge in [-0.05, 0) is 145 Å². The highest BCUT2D eigenvalue weighted by Crippen LogP contribution is 2.70. The zero-order valence-corrected chi connectivity index (χ0v) is 41.7. The first-order valence-electron chi connectivity index (χ1n) is 24.7. The van der Waals surface area contributed by atoms with E-state index in [9.17, 15) is 0 Å². The molecule has 10 rings (SSSR count). The molecule has 0 radical (unpaired) electrons. The number of nitrogens with one attached hydrogen (secondary N) is 3. The normalized spacial score (nSPS) is 33.0. The monoisotopic (exact) mass is 889 g/mol. The molecule has 348 valence electrons. The van der Waals surface area contributed by atoms with Crippen LogP contribution in [0.25, 0.3) is 0 Å². The summed E-state index contributed by atoms with van der Waals surface area (Å²) in [7, 11) is 5.19. The van der Waals surface area contributed by atoms with Crippen LogP contribution in [0.4, 0.5) is 17.8 Å². The fraction of sp³-hybridized carbons (Fsp3) is 0.579. The van der Waals surface area contributed by atoms with Gasteiger partial charge in [0.25, 0.3) is 0 Å². The van der Waals surface area contributed by atoms with Crippen molar-refractivity contribution in [3.63, 3.8) is 0 Å². The molecule has 0 aromatic carbocycles. The van der Waals surface area contributed by atoms with Crippen molar-refractivity contribution in [1.29, 1.82) is 0 Å². The van der Waals surface area contributed by atoms with Crippen molar-refractivity contribution in [3.05, 3.63) is 121 Å². The van der Waals surface area contributed by atoms with Gasteiger partial charge in [0, 0.05) is 52.2 Å². The van der Waals surface area contributed by atoms with E-state index in [1.807, 2.05) is 0 Å². The zero-order chi connectivity index (χ0) is 46.6. The molecular weight excluding hydrogens is 817 g/mol. The second-order valence-electron chi connectivity index (χ2n) is 23.2. The van der Waals surface area contributed by atoms with Gasteiger partial charge in [0.05, 0.1) is 38.4 Å². The van der Waals surface area contributed by atoms with Crippen LogP contribution in [-0.2, 0) is 14.2 Å². The largest absolute Gasteiger partial charge is 0.499 e. The van der Waals surface area contributed by atoms with Gasteiger partial charge in [0.15, 0.2) is 0 Å². The van der Waals surface area contributed by atoms with E-state index in [-0.39, 0.29) is 16.2 Å². The molecule has 9 aliphatic rings. The highest BCUT2D eigenvalue weighted by Gasteiger charge is 2.61. The van der Waals surface area contributed by atoms with Crippen LogP contribution in [0.2, 0.25) is 0 Å². The summed E-state index contributed by atoms with van der Waals surface area (Å²) in [5.74, 6) is 5.68. The molecular formula is C57H72N6O3. The molecule has 9 nitrogen and oxygen atoms in total. The van der Waals surface area contributed by atoms with E-state index in [1.54, 1.807) is 21.3 Å². The third kappa shape index (κ3) is 6.90. The first-order chi connectivity index (χ1) is 31.3. The molecule has 66 heavy (non-hydrogen) atoms. The first-order valence-corrected chi connectivity index (χ1v) is 24.7. The minimum Gasteiger partial charge on any atom is -0.499 e. The molecule has 9 aliphatic carbocycles. The third-order valence-corrected chi connectivity index (χ3v) is 20.0. The molecule has 1 aromatic heterocycles. The topological polar surface area (TPSA) is 102 Å². The van der Waals surface area contributed by atoms with Gasteiger partial charge in [-0.2, -0.15) is 15.0 Å². The second-order valence-corrected chi connectivity index (χ2v) is 23.2. The molecule has 0 amide bonds. The van der Waals surface area contributed by atoms with Gasteiger partial charge in [-0.3, -0.25) is 0 Å². The molecule has 6 fully saturated rings. The van der Waals surface area contributed by atoms with E-state index in [2.05, 4.69) is 132 Å². The summed E-state index contributed by atoms with van der Waals surface area (Å²) in [6.45, 7) is 22.0. The van der Waals surface area contributed by atoms with E-state index in [4.69, 9.17) is 29.2 Å². The van der Waals surface area contributed by atoms with Gasteiger partial charge in [0.2, 0.25) is 17.8 Å².